The Balaban J connectivity index is 1.99. The van der Waals surface area contributed by atoms with E-state index in [2.05, 4.69) is 15.3 Å². The predicted molar refractivity (Wildman–Crippen MR) is 84.8 cm³/mol. The number of nitrogens with zero attached hydrogens (tertiary/aromatic N) is 2. The fourth-order valence-electron chi connectivity index (χ4n) is 2.20. The van der Waals surface area contributed by atoms with Crippen LogP contribution in [0.25, 0.3) is 0 Å². The van der Waals surface area contributed by atoms with Gasteiger partial charge in [-0.3, -0.25) is 0 Å². The molecule has 110 valence electrons. The van der Waals surface area contributed by atoms with Gasteiger partial charge in [-0.1, -0.05) is 17.7 Å². The monoisotopic (exact) mass is 303 g/mol. The van der Waals surface area contributed by atoms with Crippen LogP contribution in [0.4, 0.5) is 11.5 Å². The van der Waals surface area contributed by atoms with Gasteiger partial charge in [0.2, 0.25) is 0 Å². The first-order valence-electron chi connectivity index (χ1n) is 7.04. The van der Waals surface area contributed by atoms with Crippen molar-refractivity contribution in [3.8, 4) is 5.75 Å². The highest BCUT2D eigenvalue weighted by Gasteiger charge is 2.28. The zero-order valence-corrected chi connectivity index (χ0v) is 13.2. The van der Waals surface area contributed by atoms with Gasteiger partial charge in [0.15, 0.2) is 0 Å². The Morgan fingerprint density at radius 1 is 1.24 bits per heavy atom. The molecule has 0 amide bonds. The summed E-state index contributed by atoms with van der Waals surface area (Å²) in [6.45, 7) is 3.96. The molecule has 0 aliphatic heterocycles. The number of ether oxygens (including phenoxy) is 1. The molecule has 0 radical (unpaired) electrons. The lowest BCUT2D eigenvalue weighted by Gasteiger charge is -2.14. The fourth-order valence-corrected chi connectivity index (χ4v) is 2.37. The molecular formula is C16H18ClN3O. The average molecular weight is 304 g/mol. The number of rotatable bonds is 4. The van der Waals surface area contributed by atoms with E-state index in [-0.39, 0.29) is 0 Å². The number of nitrogens with one attached hydrogen (secondary N) is 1. The fraction of sp³-hybridized carbons (Fsp3) is 0.375. The first-order valence-corrected chi connectivity index (χ1v) is 7.42. The van der Waals surface area contributed by atoms with Gasteiger partial charge >= 0.3 is 0 Å². The molecule has 21 heavy (non-hydrogen) atoms. The van der Waals surface area contributed by atoms with Crippen LogP contribution < -0.4 is 10.1 Å². The quantitative estimate of drug-likeness (QED) is 0.852. The lowest BCUT2D eigenvalue weighted by atomic mass is 10.2. The highest BCUT2D eigenvalue weighted by molar-refractivity contribution is 6.30. The number of benzene rings is 1. The van der Waals surface area contributed by atoms with Crippen LogP contribution in [0.5, 0.6) is 5.75 Å². The molecule has 1 saturated carbocycles. The number of hydrogen-bond donors (Lipinski definition) is 1. The summed E-state index contributed by atoms with van der Waals surface area (Å²) in [7, 11) is 1.66. The lowest BCUT2D eigenvalue weighted by molar-refractivity contribution is 0.416. The Bertz CT molecular complexity index is 683. The number of aromatic nitrogens is 2. The summed E-state index contributed by atoms with van der Waals surface area (Å²) in [5.74, 6) is 2.83. The van der Waals surface area contributed by atoms with E-state index in [1.54, 1.807) is 7.11 Å². The zero-order chi connectivity index (χ0) is 15.0. The van der Waals surface area contributed by atoms with E-state index in [4.69, 9.17) is 16.3 Å². The minimum Gasteiger partial charge on any atom is -0.495 e. The number of hydrogen-bond acceptors (Lipinski definition) is 4. The minimum absolute atomic E-state index is 0.461. The van der Waals surface area contributed by atoms with Crippen molar-refractivity contribution in [2.75, 3.05) is 12.4 Å². The molecule has 1 N–H and O–H groups in total. The van der Waals surface area contributed by atoms with Crippen molar-refractivity contribution in [2.24, 2.45) is 0 Å². The second-order valence-corrected chi connectivity index (χ2v) is 5.81. The maximum absolute atomic E-state index is 6.24. The van der Waals surface area contributed by atoms with Gasteiger partial charge in [0.1, 0.15) is 22.5 Å². The van der Waals surface area contributed by atoms with Crippen molar-refractivity contribution in [3.05, 3.63) is 40.3 Å². The first-order chi connectivity index (χ1) is 10.1. The summed E-state index contributed by atoms with van der Waals surface area (Å²) in [6, 6.07) is 5.99. The van der Waals surface area contributed by atoms with Crippen LogP contribution >= 0.6 is 11.6 Å². The molecule has 4 nitrogen and oxygen atoms in total. The summed E-state index contributed by atoms with van der Waals surface area (Å²) in [6.07, 6.45) is 2.29. The van der Waals surface area contributed by atoms with Gasteiger partial charge in [-0.15, -0.1) is 0 Å². The molecule has 1 aromatic heterocycles. The van der Waals surface area contributed by atoms with E-state index < -0.39 is 0 Å². The standard InChI is InChI=1S/C16H18ClN3O/c1-9-4-7-13(21-3)12(8-9)18-15-10(2)14(17)19-16(20-15)11-5-6-11/h4,7-8,11H,5-6H2,1-3H3,(H,18,19,20). The first kappa shape index (κ1) is 14.1. The van der Waals surface area contributed by atoms with Crippen molar-refractivity contribution < 1.29 is 4.74 Å². The highest BCUT2D eigenvalue weighted by atomic mass is 35.5. The third-order valence-corrected chi connectivity index (χ3v) is 4.02. The molecule has 1 aromatic carbocycles. The molecule has 3 rings (SSSR count). The maximum atomic E-state index is 6.24. The van der Waals surface area contributed by atoms with Crippen molar-refractivity contribution in [2.45, 2.75) is 32.6 Å². The van der Waals surface area contributed by atoms with Crippen LogP contribution in [0.15, 0.2) is 18.2 Å². The van der Waals surface area contributed by atoms with E-state index >= 15 is 0 Å². The molecule has 2 aromatic rings. The van der Waals surface area contributed by atoms with Gasteiger partial charge in [0.25, 0.3) is 0 Å². The van der Waals surface area contributed by atoms with E-state index in [1.165, 1.54) is 0 Å². The molecule has 1 fully saturated rings. The van der Waals surface area contributed by atoms with Gasteiger partial charge in [-0.2, -0.15) is 0 Å². The summed E-state index contributed by atoms with van der Waals surface area (Å²) in [5, 5.41) is 3.85. The molecule has 0 bridgehead atoms. The van der Waals surface area contributed by atoms with Crippen molar-refractivity contribution in [1.82, 2.24) is 9.97 Å². The van der Waals surface area contributed by atoms with Crippen LogP contribution in [-0.4, -0.2) is 17.1 Å². The molecule has 0 atom stereocenters. The molecule has 1 heterocycles. The average Bonchev–Trinajstić information content (AvgIpc) is 3.28. The van der Waals surface area contributed by atoms with Crippen LogP contribution in [-0.2, 0) is 0 Å². The number of halogens is 1. The zero-order valence-electron chi connectivity index (χ0n) is 12.4. The van der Waals surface area contributed by atoms with Crippen LogP contribution in [0.2, 0.25) is 5.15 Å². The Morgan fingerprint density at radius 3 is 2.67 bits per heavy atom. The van der Waals surface area contributed by atoms with Crippen LogP contribution in [0, 0.1) is 13.8 Å². The second-order valence-electron chi connectivity index (χ2n) is 5.45. The van der Waals surface area contributed by atoms with Crippen molar-refractivity contribution in [1.29, 1.82) is 0 Å². The third kappa shape index (κ3) is 2.95. The predicted octanol–water partition coefficient (Wildman–Crippen LogP) is 4.38. The van der Waals surface area contributed by atoms with Gasteiger partial charge in [-0.05, 0) is 44.4 Å². The van der Waals surface area contributed by atoms with Crippen molar-refractivity contribution >= 4 is 23.1 Å². The normalized spacial score (nSPS) is 14.1. The Kier molecular flexibility index (Phi) is 3.72. The van der Waals surface area contributed by atoms with Gasteiger partial charge < -0.3 is 10.1 Å². The topological polar surface area (TPSA) is 47.0 Å². The summed E-state index contributed by atoms with van der Waals surface area (Å²) < 4.78 is 5.39. The molecule has 0 unspecified atom stereocenters. The SMILES string of the molecule is COc1ccc(C)cc1Nc1nc(C2CC2)nc(Cl)c1C. The molecule has 1 aliphatic rings. The Labute approximate surface area is 129 Å². The largest absolute Gasteiger partial charge is 0.495 e. The Hall–Kier alpha value is -1.81. The van der Waals surface area contributed by atoms with E-state index in [9.17, 15) is 0 Å². The molecule has 0 saturated heterocycles. The van der Waals surface area contributed by atoms with Gasteiger partial charge in [-0.25, -0.2) is 9.97 Å². The summed E-state index contributed by atoms with van der Waals surface area (Å²) >= 11 is 6.24. The smallest absolute Gasteiger partial charge is 0.142 e. The lowest BCUT2D eigenvalue weighted by Crippen LogP contribution is -2.04. The van der Waals surface area contributed by atoms with Crippen molar-refractivity contribution in [3.63, 3.8) is 0 Å². The highest BCUT2D eigenvalue weighted by Crippen LogP contribution is 2.40. The summed E-state index contributed by atoms with van der Waals surface area (Å²) in [5.41, 5.74) is 2.89. The molecule has 0 spiro atoms. The van der Waals surface area contributed by atoms with Gasteiger partial charge in [0.05, 0.1) is 12.8 Å². The third-order valence-electron chi connectivity index (χ3n) is 3.65. The molecular weight excluding hydrogens is 286 g/mol. The number of methoxy groups -OCH3 is 1. The van der Waals surface area contributed by atoms with Crippen LogP contribution in [0.3, 0.4) is 0 Å². The molecule has 5 heteroatoms. The maximum Gasteiger partial charge on any atom is 0.142 e. The van der Waals surface area contributed by atoms with E-state index in [1.807, 2.05) is 32.0 Å². The van der Waals surface area contributed by atoms with Crippen LogP contribution in [0.1, 0.15) is 35.7 Å². The van der Waals surface area contributed by atoms with E-state index in [0.29, 0.717) is 11.1 Å². The van der Waals surface area contributed by atoms with Gasteiger partial charge in [0, 0.05) is 11.5 Å². The number of anilines is 2. The summed E-state index contributed by atoms with van der Waals surface area (Å²) in [4.78, 5) is 9.01. The number of aryl methyl sites for hydroxylation is 1. The Morgan fingerprint density at radius 2 is 2.00 bits per heavy atom. The molecule has 1 aliphatic carbocycles. The minimum atomic E-state index is 0.461. The van der Waals surface area contributed by atoms with E-state index in [0.717, 1.165) is 47.0 Å². The second kappa shape index (κ2) is 5.53.